The van der Waals surface area contributed by atoms with Crippen molar-refractivity contribution < 1.29 is 64.5 Å². The van der Waals surface area contributed by atoms with Crippen LogP contribution in [0.15, 0.2) is 54.5 Å². The number of hydrogen-bond donors (Lipinski definition) is 2. The second-order valence-electron chi connectivity index (χ2n) is 10.4. The highest BCUT2D eigenvalue weighted by atomic mass is 31.2. The molecule has 0 aromatic heterocycles. The van der Waals surface area contributed by atoms with E-state index in [1.54, 1.807) is 30.3 Å². The number of nitrogens with one attached hydrogen (secondary N) is 1. The summed E-state index contributed by atoms with van der Waals surface area (Å²) in [5.41, 5.74) is -3.66. The number of halogens is 5. The molecule has 2 N–H and O–H groups in total. The number of amides is 1. The van der Waals surface area contributed by atoms with E-state index in [9.17, 15) is 37.2 Å². The Labute approximate surface area is 247 Å². The van der Waals surface area contributed by atoms with E-state index in [1.807, 2.05) is 0 Å². The van der Waals surface area contributed by atoms with Crippen molar-refractivity contribution >= 4 is 36.2 Å². The molecule has 1 fully saturated rings. The Hall–Kier alpha value is -3.43. The van der Waals surface area contributed by atoms with Crippen LogP contribution in [0.5, 0.6) is 5.75 Å². The number of Topliss-reactive ketones (excluding diaryl/α,β-unsaturated/α-hetero) is 1. The molecule has 0 spiro atoms. The summed E-state index contributed by atoms with van der Waals surface area (Å²) >= 11 is 0. The van der Waals surface area contributed by atoms with Crippen LogP contribution in [0.25, 0.3) is 10.8 Å². The summed E-state index contributed by atoms with van der Waals surface area (Å²) in [6, 6.07) is 9.73. The van der Waals surface area contributed by atoms with Gasteiger partial charge in [0.25, 0.3) is 6.43 Å². The topological polar surface area (TPSA) is 141 Å². The number of allylic oxidation sites excluding steroid dienone is 1. The number of esters is 1. The second kappa shape index (κ2) is 12.5. The van der Waals surface area contributed by atoms with Crippen molar-refractivity contribution in [3.05, 3.63) is 54.5 Å². The van der Waals surface area contributed by atoms with E-state index in [0.29, 0.717) is 5.39 Å². The Kier molecular flexibility index (Phi) is 9.52. The number of rotatable bonds is 11. The van der Waals surface area contributed by atoms with E-state index in [1.165, 1.54) is 32.9 Å². The predicted octanol–water partition coefficient (Wildman–Crippen LogP) is 4.24. The summed E-state index contributed by atoms with van der Waals surface area (Å²) in [5.74, 6) is -10.1. The average Bonchev–Trinajstić information content (AvgIpc) is 3.15. The van der Waals surface area contributed by atoms with Gasteiger partial charge in [0.1, 0.15) is 11.8 Å². The molecule has 5 atom stereocenters. The lowest BCUT2D eigenvalue weighted by atomic mass is 9.95. The first kappa shape index (κ1) is 33.5. The number of aliphatic hydroxyl groups is 1. The SMILES string of the molecule is CC(C)OC(=O)[C@H](C)NP(=O)(OC[C@@]1(C(F)F)O[C@@H](N2C=C(F)C(=O)CC2=O)C(F)(F)[C@@H]1O)Oc1ccc2ccccc2c1. The number of carbonyl (C=O) groups excluding carboxylic acids is 3. The maximum Gasteiger partial charge on any atom is 0.459 e. The summed E-state index contributed by atoms with van der Waals surface area (Å²) < 4.78 is 108. The van der Waals surface area contributed by atoms with Crippen LogP contribution in [-0.4, -0.2) is 76.7 Å². The molecule has 44 heavy (non-hydrogen) atoms. The van der Waals surface area contributed by atoms with Crippen LogP contribution in [-0.2, 0) is 32.9 Å². The van der Waals surface area contributed by atoms with Crippen molar-refractivity contribution in [3.8, 4) is 5.75 Å². The number of aliphatic hydroxyl groups excluding tert-OH is 1. The summed E-state index contributed by atoms with van der Waals surface area (Å²) in [5, 5.41) is 14.0. The van der Waals surface area contributed by atoms with Crippen LogP contribution in [0.1, 0.15) is 27.2 Å². The molecule has 0 radical (unpaired) electrons. The third-order valence-corrected chi connectivity index (χ3v) is 8.32. The largest absolute Gasteiger partial charge is 0.462 e. The van der Waals surface area contributed by atoms with Gasteiger partial charge >= 0.3 is 19.6 Å². The molecule has 2 aliphatic rings. The number of ether oxygens (including phenoxy) is 2. The summed E-state index contributed by atoms with van der Waals surface area (Å²) in [6.45, 7) is 2.49. The van der Waals surface area contributed by atoms with E-state index < -0.39 is 86.7 Å². The van der Waals surface area contributed by atoms with Gasteiger partial charge in [-0.1, -0.05) is 30.3 Å². The molecule has 0 bridgehead atoms. The molecule has 1 unspecified atom stereocenters. The van der Waals surface area contributed by atoms with E-state index in [0.717, 1.165) is 5.39 Å². The van der Waals surface area contributed by atoms with E-state index in [4.69, 9.17) is 18.5 Å². The van der Waals surface area contributed by atoms with E-state index in [-0.39, 0.29) is 16.8 Å². The quantitative estimate of drug-likeness (QED) is 0.157. The van der Waals surface area contributed by atoms with Crippen LogP contribution in [0.2, 0.25) is 0 Å². The zero-order chi connectivity index (χ0) is 32.6. The van der Waals surface area contributed by atoms with Crippen molar-refractivity contribution in [3.63, 3.8) is 0 Å². The zero-order valence-electron chi connectivity index (χ0n) is 23.4. The average molecular weight is 650 g/mol. The van der Waals surface area contributed by atoms with Crippen LogP contribution in [0.3, 0.4) is 0 Å². The lowest BCUT2D eigenvalue weighted by Crippen LogP contribution is -2.55. The van der Waals surface area contributed by atoms with Crippen LogP contribution >= 0.6 is 7.75 Å². The number of alkyl halides is 4. The normalized spacial score (nSPS) is 25.7. The van der Waals surface area contributed by atoms with Crippen LogP contribution < -0.4 is 9.61 Å². The minimum atomic E-state index is -4.98. The van der Waals surface area contributed by atoms with Gasteiger partial charge in [-0.3, -0.25) is 23.8 Å². The Bertz CT molecular complexity index is 1520. The molecule has 0 saturated carbocycles. The lowest BCUT2D eigenvalue weighted by molar-refractivity contribution is -0.201. The van der Waals surface area contributed by atoms with Gasteiger partial charge in [-0.15, -0.1) is 0 Å². The van der Waals surface area contributed by atoms with Crippen LogP contribution in [0.4, 0.5) is 22.0 Å². The van der Waals surface area contributed by atoms with Gasteiger partial charge in [-0.05, 0) is 43.7 Å². The molecule has 2 aliphatic heterocycles. The fraction of sp³-hybridized carbons (Fsp3) is 0.444. The number of ketones is 1. The Morgan fingerprint density at radius 3 is 2.45 bits per heavy atom. The summed E-state index contributed by atoms with van der Waals surface area (Å²) in [6.07, 6.45) is -12.1. The Balaban J connectivity index is 1.67. The summed E-state index contributed by atoms with van der Waals surface area (Å²) in [4.78, 5) is 36.0. The number of hydrogen-bond acceptors (Lipinski definition) is 9. The second-order valence-corrected chi connectivity index (χ2v) is 12.1. The number of carbonyl (C=O) groups is 3. The highest BCUT2D eigenvalue weighted by Gasteiger charge is 2.72. The van der Waals surface area contributed by atoms with Gasteiger partial charge in [-0.25, -0.2) is 17.7 Å². The maximum absolute atomic E-state index is 15.2. The molecule has 2 heterocycles. The van der Waals surface area contributed by atoms with Gasteiger partial charge in [0.2, 0.25) is 17.9 Å². The van der Waals surface area contributed by atoms with Crippen molar-refractivity contribution in [2.45, 2.75) is 69.6 Å². The standard InChI is InChI=1S/C27H28F5N2O9P/c1-14(2)41-22(37)15(3)33-44(39,43-18-9-8-16-6-4-5-7-17(16)10-18)40-13-26(24(29)30)23(38)27(31,32)25(42-26)34-12-19(28)20(35)11-21(34)36/h4-10,12,14-15,23-25,38H,11,13H2,1-3H3,(H,33,39)/t15-,23+,25+,26+,44?/m0/s1. The molecule has 17 heteroatoms. The van der Waals surface area contributed by atoms with Gasteiger partial charge in [0.15, 0.2) is 17.5 Å². The number of benzene rings is 2. The Morgan fingerprint density at radius 2 is 1.82 bits per heavy atom. The molecule has 0 aliphatic carbocycles. The maximum atomic E-state index is 15.2. The first-order valence-corrected chi connectivity index (χ1v) is 14.7. The minimum Gasteiger partial charge on any atom is -0.462 e. The van der Waals surface area contributed by atoms with Gasteiger partial charge in [0, 0.05) is 6.20 Å². The fourth-order valence-corrected chi connectivity index (χ4v) is 5.96. The van der Waals surface area contributed by atoms with Crippen LogP contribution in [0, 0.1) is 0 Å². The van der Waals surface area contributed by atoms with Crippen molar-refractivity contribution in [1.82, 2.24) is 9.99 Å². The molecule has 4 rings (SSSR count). The number of nitrogens with zero attached hydrogens (tertiary/aromatic N) is 1. The third-order valence-electron chi connectivity index (χ3n) is 6.69. The van der Waals surface area contributed by atoms with E-state index in [2.05, 4.69) is 5.09 Å². The third kappa shape index (κ3) is 6.64. The first-order valence-electron chi connectivity index (χ1n) is 13.1. The number of fused-ring (bicyclic) bond motifs is 1. The molecule has 1 saturated heterocycles. The minimum absolute atomic E-state index is 0.0547. The van der Waals surface area contributed by atoms with E-state index >= 15 is 8.78 Å². The monoisotopic (exact) mass is 650 g/mol. The molecule has 2 aromatic carbocycles. The fourth-order valence-electron chi connectivity index (χ4n) is 4.44. The molecule has 1 amide bonds. The van der Waals surface area contributed by atoms with Gasteiger partial charge < -0.3 is 19.1 Å². The van der Waals surface area contributed by atoms with Crippen molar-refractivity contribution in [2.75, 3.05) is 6.61 Å². The van der Waals surface area contributed by atoms with Gasteiger partial charge in [0.05, 0.1) is 19.1 Å². The zero-order valence-corrected chi connectivity index (χ0v) is 24.3. The van der Waals surface area contributed by atoms with Crippen molar-refractivity contribution in [1.29, 1.82) is 0 Å². The first-order chi connectivity index (χ1) is 20.5. The highest BCUT2D eigenvalue weighted by molar-refractivity contribution is 7.52. The lowest BCUT2D eigenvalue weighted by Gasteiger charge is -2.33. The molecule has 11 nitrogen and oxygen atoms in total. The smallest absolute Gasteiger partial charge is 0.459 e. The molecular weight excluding hydrogens is 622 g/mol. The predicted molar refractivity (Wildman–Crippen MR) is 142 cm³/mol. The summed E-state index contributed by atoms with van der Waals surface area (Å²) in [7, 11) is -4.98. The highest BCUT2D eigenvalue weighted by Crippen LogP contribution is 2.52. The van der Waals surface area contributed by atoms with Crippen molar-refractivity contribution in [2.24, 2.45) is 0 Å². The molecular formula is C27H28F5N2O9P. The molecule has 2 aromatic rings. The Morgan fingerprint density at radius 1 is 1.16 bits per heavy atom. The molecule has 240 valence electrons. The van der Waals surface area contributed by atoms with Gasteiger partial charge in [-0.2, -0.15) is 13.9 Å².